The molecule has 0 spiro atoms. The van der Waals surface area contributed by atoms with E-state index >= 15 is 0 Å². The fraction of sp³-hybridized carbons (Fsp3) is 0.0870. The van der Waals surface area contributed by atoms with Crippen molar-refractivity contribution in [2.24, 2.45) is 0 Å². The molecule has 6 nitrogen and oxygen atoms in total. The molecule has 29 heavy (non-hydrogen) atoms. The summed E-state index contributed by atoms with van der Waals surface area (Å²) in [7, 11) is 0. The molecule has 0 fully saturated rings. The molecule has 2 amide bonds. The van der Waals surface area contributed by atoms with E-state index in [1.54, 1.807) is 54.6 Å². The standard InChI is InChI=1S/C23H19NO5/c25-21(24-22(26)17-9-3-1-4-10-17)16-29-23(27)20-14-8-7-11-18(20)15-28-19-12-5-2-6-13-19/h1-14H,15-16H2,(H,24,25,26). The molecule has 6 heteroatoms. The van der Waals surface area contributed by atoms with Gasteiger partial charge in [0.1, 0.15) is 12.4 Å². The molecule has 0 bridgehead atoms. The molecule has 3 aromatic carbocycles. The summed E-state index contributed by atoms with van der Waals surface area (Å²) in [5.74, 6) is -1.25. The van der Waals surface area contributed by atoms with Crippen LogP contribution >= 0.6 is 0 Å². The Morgan fingerprint density at radius 2 is 1.38 bits per heavy atom. The van der Waals surface area contributed by atoms with Gasteiger partial charge in [0.2, 0.25) is 0 Å². The van der Waals surface area contributed by atoms with E-state index in [2.05, 4.69) is 5.32 Å². The van der Waals surface area contributed by atoms with Gasteiger partial charge in [0.05, 0.1) is 5.56 Å². The van der Waals surface area contributed by atoms with Crippen molar-refractivity contribution >= 4 is 17.8 Å². The van der Waals surface area contributed by atoms with Crippen molar-refractivity contribution in [2.75, 3.05) is 6.61 Å². The first-order valence-corrected chi connectivity index (χ1v) is 8.95. The molecular formula is C23H19NO5. The topological polar surface area (TPSA) is 81.7 Å². The molecule has 3 rings (SSSR count). The Balaban J connectivity index is 1.55. The number of amides is 2. The van der Waals surface area contributed by atoms with Gasteiger partial charge in [0, 0.05) is 11.1 Å². The van der Waals surface area contributed by atoms with Crippen molar-refractivity contribution in [1.29, 1.82) is 0 Å². The lowest BCUT2D eigenvalue weighted by Crippen LogP contribution is -2.34. The molecule has 0 aliphatic carbocycles. The third-order valence-corrected chi connectivity index (χ3v) is 4.00. The van der Waals surface area contributed by atoms with Gasteiger partial charge in [-0.05, 0) is 30.3 Å². The number of imide groups is 1. The van der Waals surface area contributed by atoms with Crippen molar-refractivity contribution < 1.29 is 23.9 Å². The van der Waals surface area contributed by atoms with E-state index in [9.17, 15) is 14.4 Å². The molecule has 146 valence electrons. The first-order chi connectivity index (χ1) is 14.1. The molecule has 0 heterocycles. The average molecular weight is 389 g/mol. The highest BCUT2D eigenvalue weighted by Crippen LogP contribution is 2.15. The number of esters is 1. The maximum absolute atomic E-state index is 12.4. The second-order valence-electron chi connectivity index (χ2n) is 6.08. The molecule has 0 atom stereocenters. The van der Waals surface area contributed by atoms with Gasteiger partial charge in [-0.25, -0.2) is 4.79 Å². The first-order valence-electron chi connectivity index (χ1n) is 8.95. The SMILES string of the molecule is O=C(COC(=O)c1ccccc1COc1ccccc1)NC(=O)c1ccccc1. The Morgan fingerprint density at radius 1 is 0.759 bits per heavy atom. The molecule has 0 saturated carbocycles. The number of para-hydroxylation sites is 1. The predicted octanol–water partition coefficient (Wildman–Crippen LogP) is 3.38. The summed E-state index contributed by atoms with van der Waals surface area (Å²) in [5.41, 5.74) is 1.27. The summed E-state index contributed by atoms with van der Waals surface area (Å²) < 4.78 is 10.7. The summed E-state index contributed by atoms with van der Waals surface area (Å²) in [6.45, 7) is -0.390. The highest BCUT2D eigenvalue weighted by Gasteiger charge is 2.16. The fourth-order valence-corrected chi connectivity index (χ4v) is 2.56. The summed E-state index contributed by atoms with van der Waals surface area (Å²) in [6, 6.07) is 24.3. The monoisotopic (exact) mass is 389 g/mol. The number of hydrogen-bond acceptors (Lipinski definition) is 5. The number of rotatable bonds is 7. The van der Waals surface area contributed by atoms with Gasteiger partial charge in [-0.15, -0.1) is 0 Å². The minimum absolute atomic E-state index is 0.175. The van der Waals surface area contributed by atoms with Gasteiger partial charge in [-0.1, -0.05) is 54.6 Å². The average Bonchev–Trinajstić information content (AvgIpc) is 2.77. The molecule has 0 aromatic heterocycles. The molecule has 0 aliphatic rings. The summed E-state index contributed by atoms with van der Waals surface area (Å²) in [5, 5.41) is 2.18. The van der Waals surface area contributed by atoms with Crippen LogP contribution in [0.25, 0.3) is 0 Å². The largest absolute Gasteiger partial charge is 0.489 e. The lowest BCUT2D eigenvalue weighted by atomic mass is 10.1. The van der Waals surface area contributed by atoms with Crippen molar-refractivity contribution in [2.45, 2.75) is 6.61 Å². The van der Waals surface area contributed by atoms with Gasteiger partial charge in [0.15, 0.2) is 6.61 Å². The third-order valence-electron chi connectivity index (χ3n) is 4.00. The van der Waals surface area contributed by atoms with Crippen molar-refractivity contribution in [1.82, 2.24) is 5.32 Å². The van der Waals surface area contributed by atoms with Crippen molar-refractivity contribution in [3.05, 3.63) is 102 Å². The molecule has 3 aromatic rings. The molecular weight excluding hydrogens is 370 g/mol. The normalized spacial score (nSPS) is 10.1. The highest BCUT2D eigenvalue weighted by molar-refractivity contribution is 6.05. The van der Waals surface area contributed by atoms with Crippen LogP contribution in [0.4, 0.5) is 0 Å². The van der Waals surface area contributed by atoms with Crippen molar-refractivity contribution in [3.8, 4) is 5.75 Å². The number of carbonyl (C=O) groups is 3. The van der Waals surface area contributed by atoms with Gasteiger partial charge < -0.3 is 9.47 Å². The lowest BCUT2D eigenvalue weighted by molar-refractivity contribution is -0.123. The zero-order valence-electron chi connectivity index (χ0n) is 15.5. The van der Waals surface area contributed by atoms with Crippen LogP contribution in [-0.4, -0.2) is 24.4 Å². The minimum Gasteiger partial charge on any atom is -0.489 e. The van der Waals surface area contributed by atoms with Crippen LogP contribution < -0.4 is 10.1 Å². The quantitative estimate of drug-likeness (QED) is 0.627. The van der Waals surface area contributed by atoms with Crippen LogP contribution in [-0.2, 0) is 16.1 Å². The highest BCUT2D eigenvalue weighted by atomic mass is 16.5. The minimum atomic E-state index is -0.704. The molecule has 0 radical (unpaired) electrons. The van der Waals surface area contributed by atoms with E-state index in [-0.39, 0.29) is 6.61 Å². The molecule has 0 unspecified atom stereocenters. The van der Waals surface area contributed by atoms with E-state index in [1.807, 2.05) is 30.3 Å². The Labute approximate surface area is 168 Å². The second kappa shape index (κ2) is 9.85. The van der Waals surface area contributed by atoms with Crippen LogP contribution in [0.15, 0.2) is 84.9 Å². The van der Waals surface area contributed by atoms with Crippen LogP contribution in [0.2, 0.25) is 0 Å². The number of ether oxygens (including phenoxy) is 2. The first kappa shape index (κ1) is 19.8. The predicted molar refractivity (Wildman–Crippen MR) is 106 cm³/mol. The maximum atomic E-state index is 12.4. The Kier molecular flexibility index (Phi) is 6.73. The molecule has 0 aliphatic heterocycles. The summed E-state index contributed by atoms with van der Waals surface area (Å²) in [4.78, 5) is 36.3. The molecule has 1 N–H and O–H groups in total. The number of nitrogens with one attached hydrogen (secondary N) is 1. The number of hydrogen-bond donors (Lipinski definition) is 1. The van der Waals surface area contributed by atoms with Crippen LogP contribution in [0, 0.1) is 0 Å². The Hall–Kier alpha value is -3.93. The zero-order valence-corrected chi connectivity index (χ0v) is 15.5. The lowest BCUT2D eigenvalue weighted by Gasteiger charge is -2.11. The smallest absolute Gasteiger partial charge is 0.339 e. The Bertz CT molecular complexity index is 986. The van der Waals surface area contributed by atoms with Gasteiger partial charge in [-0.3, -0.25) is 14.9 Å². The van der Waals surface area contributed by atoms with Crippen LogP contribution in [0.3, 0.4) is 0 Å². The van der Waals surface area contributed by atoms with Crippen LogP contribution in [0.5, 0.6) is 5.75 Å². The molecule has 0 saturated heterocycles. The van der Waals surface area contributed by atoms with E-state index < -0.39 is 24.4 Å². The van der Waals surface area contributed by atoms with Gasteiger partial charge in [-0.2, -0.15) is 0 Å². The van der Waals surface area contributed by atoms with Gasteiger partial charge in [0.25, 0.3) is 11.8 Å². The van der Waals surface area contributed by atoms with Crippen LogP contribution in [0.1, 0.15) is 26.3 Å². The number of carbonyl (C=O) groups excluding carboxylic acids is 3. The Morgan fingerprint density at radius 3 is 2.10 bits per heavy atom. The second-order valence-corrected chi connectivity index (χ2v) is 6.08. The van der Waals surface area contributed by atoms with E-state index in [4.69, 9.17) is 9.47 Å². The summed E-state index contributed by atoms with van der Waals surface area (Å²) in [6.07, 6.45) is 0. The van der Waals surface area contributed by atoms with E-state index in [0.29, 0.717) is 22.4 Å². The van der Waals surface area contributed by atoms with Gasteiger partial charge >= 0.3 is 5.97 Å². The summed E-state index contributed by atoms with van der Waals surface area (Å²) >= 11 is 0. The van der Waals surface area contributed by atoms with E-state index in [0.717, 1.165) is 0 Å². The fourth-order valence-electron chi connectivity index (χ4n) is 2.56. The van der Waals surface area contributed by atoms with E-state index in [1.165, 1.54) is 0 Å². The van der Waals surface area contributed by atoms with Crippen molar-refractivity contribution in [3.63, 3.8) is 0 Å². The zero-order chi connectivity index (χ0) is 20.5. The third kappa shape index (κ3) is 5.77. The maximum Gasteiger partial charge on any atom is 0.339 e. The number of benzene rings is 3.